The number of benzene rings is 2. The van der Waals surface area contributed by atoms with Crippen LogP contribution in [0.5, 0.6) is 5.75 Å². The maximum atomic E-state index is 13.5. The van der Waals surface area contributed by atoms with Crippen molar-refractivity contribution in [3.8, 4) is 5.75 Å². The summed E-state index contributed by atoms with van der Waals surface area (Å²) in [5.41, 5.74) is 0.786. The van der Waals surface area contributed by atoms with E-state index in [-0.39, 0.29) is 18.0 Å². The van der Waals surface area contributed by atoms with Crippen LogP contribution < -0.4 is 9.64 Å². The van der Waals surface area contributed by atoms with Gasteiger partial charge in [0, 0.05) is 13.1 Å². The lowest BCUT2D eigenvalue weighted by atomic mass is 10.1. The summed E-state index contributed by atoms with van der Waals surface area (Å²) < 4.78 is 37.7. The van der Waals surface area contributed by atoms with Crippen molar-refractivity contribution < 1.29 is 23.2 Å². The largest absolute Gasteiger partial charge is 0.487 e. The fraction of sp³-hybridized carbons (Fsp3) is 0.333. The summed E-state index contributed by atoms with van der Waals surface area (Å²) in [7, 11) is 0. The highest BCUT2D eigenvalue weighted by molar-refractivity contribution is 5.70. The van der Waals surface area contributed by atoms with Crippen LogP contribution in [-0.4, -0.2) is 31.2 Å². The molecule has 1 heterocycles. The molecule has 1 unspecified atom stereocenters. The molecule has 1 atom stereocenters. The van der Waals surface area contributed by atoms with Gasteiger partial charge in [-0.05, 0) is 36.8 Å². The smallest absolute Gasteiger partial charge is 0.333 e. The molecule has 138 valence electrons. The number of nitrogens with zero attached hydrogens (tertiary/aromatic N) is 2. The predicted molar refractivity (Wildman–Crippen MR) is 91.5 cm³/mol. The van der Waals surface area contributed by atoms with Crippen LogP contribution in [0, 0.1) is 21.7 Å². The second kappa shape index (κ2) is 7.65. The van der Waals surface area contributed by atoms with Crippen LogP contribution in [0.25, 0.3) is 0 Å². The van der Waals surface area contributed by atoms with E-state index in [9.17, 15) is 18.9 Å². The zero-order valence-corrected chi connectivity index (χ0v) is 14.2. The van der Waals surface area contributed by atoms with Gasteiger partial charge in [0.15, 0.2) is 17.4 Å². The molecule has 0 amide bonds. The number of anilines is 1. The SMILES string of the molecule is CCOc1cccc(N2CCOC(c3ccc(F)c(F)c3)C2)c1[N+](=O)[O-]. The molecule has 8 heteroatoms. The molecule has 0 spiro atoms. The van der Waals surface area contributed by atoms with Crippen LogP contribution in [-0.2, 0) is 4.74 Å². The van der Waals surface area contributed by atoms with E-state index in [4.69, 9.17) is 9.47 Å². The number of hydrogen-bond acceptors (Lipinski definition) is 5. The quantitative estimate of drug-likeness (QED) is 0.596. The van der Waals surface area contributed by atoms with Crippen molar-refractivity contribution in [2.24, 2.45) is 0 Å². The van der Waals surface area contributed by atoms with E-state index < -0.39 is 22.7 Å². The molecule has 1 saturated heterocycles. The Labute approximate surface area is 149 Å². The monoisotopic (exact) mass is 364 g/mol. The van der Waals surface area contributed by atoms with Crippen LogP contribution in [0.15, 0.2) is 36.4 Å². The topological polar surface area (TPSA) is 64.8 Å². The maximum absolute atomic E-state index is 13.5. The molecule has 6 nitrogen and oxygen atoms in total. The van der Waals surface area contributed by atoms with Crippen LogP contribution >= 0.6 is 0 Å². The number of ether oxygens (including phenoxy) is 2. The average Bonchev–Trinajstić information content (AvgIpc) is 2.64. The first-order chi connectivity index (χ1) is 12.5. The Kier molecular flexibility index (Phi) is 5.32. The maximum Gasteiger partial charge on any atom is 0.333 e. The van der Waals surface area contributed by atoms with Crippen molar-refractivity contribution >= 4 is 11.4 Å². The van der Waals surface area contributed by atoms with Crippen molar-refractivity contribution in [1.29, 1.82) is 0 Å². The van der Waals surface area contributed by atoms with Crippen molar-refractivity contribution in [1.82, 2.24) is 0 Å². The number of rotatable bonds is 5. The van der Waals surface area contributed by atoms with Gasteiger partial charge in [-0.1, -0.05) is 12.1 Å². The molecule has 1 aliphatic rings. The number of nitro benzene ring substituents is 1. The van der Waals surface area contributed by atoms with Gasteiger partial charge < -0.3 is 14.4 Å². The van der Waals surface area contributed by atoms with Crippen LogP contribution in [0.2, 0.25) is 0 Å². The first kappa shape index (κ1) is 18.1. The molecular weight excluding hydrogens is 346 g/mol. The summed E-state index contributed by atoms with van der Waals surface area (Å²) in [6.45, 7) is 3.09. The van der Waals surface area contributed by atoms with Gasteiger partial charge in [0.2, 0.25) is 0 Å². The van der Waals surface area contributed by atoms with Crippen LogP contribution in [0.4, 0.5) is 20.2 Å². The lowest BCUT2D eigenvalue weighted by Gasteiger charge is -2.34. The van der Waals surface area contributed by atoms with E-state index in [1.165, 1.54) is 6.07 Å². The zero-order chi connectivity index (χ0) is 18.7. The summed E-state index contributed by atoms with van der Waals surface area (Å²) in [6, 6.07) is 8.49. The number of nitro groups is 1. The normalized spacial score (nSPS) is 17.2. The van der Waals surface area contributed by atoms with Gasteiger partial charge in [0.1, 0.15) is 11.8 Å². The summed E-state index contributed by atoms with van der Waals surface area (Å²) in [5, 5.41) is 11.6. The summed E-state index contributed by atoms with van der Waals surface area (Å²) in [6.07, 6.45) is -0.519. The molecule has 2 aromatic rings. The molecule has 0 aliphatic carbocycles. The van der Waals surface area contributed by atoms with Gasteiger partial charge in [0.25, 0.3) is 0 Å². The highest BCUT2D eigenvalue weighted by atomic mass is 19.2. The highest BCUT2D eigenvalue weighted by Gasteiger charge is 2.30. The third-order valence-electron chi connectivity index (χ3n) is 4.18. The molecule has 0 bridgehead atoms. The lowest BCUT2D eigenvalue weighted by molar-refractivity contribution is -0.385. The van der Waals surface area contributed by atoms with Gasteiger partial charge in [-0.25, -0.2) is 8.78 Å². The molecule has 3 rings (SSSR count). The van der Waals surface area contributed by atoms with E-state index >= 15 is 0 Å². The Morgan fingerprint density at radius 3 is 2.81 bits per heavy atom. The van der Waals surface area contributed by atoms with Gasteiger partial charge in [-0.3, -0.25) is 10.1 Å². The molecule has 1 aliphatic heterocycles. The van der Waals surface area contributed by atoms with Gasteiger partial charge >= 0.3 is 5.69 Å². The van der Waals surface area contributed by atoms with Crippen molar-refractivity contribution in [3.63, 3.8) is 0 Å². The third-order valence-corrected chi connectivity index (χ3v) is 4.18. The molecule has 0 N–H and O–H groups in total. The number of para-hydroxylation sites is 1. The Bertz CT molecular complexity index is 816. The first-order valence-corrected chi connectivity index (χ1v) is 8.23. The number of hydrogen-bond donors (Lipinski definition) is 0. The van der Waals surface area contributed by atoms with Gasteiger partial charge in [-0.15, -0.1) is 0 Å². The highest BCUT2D eigenvalue weighted by Crippen LogP contribution is 2.39. The van der Waals surface area contributed by atoms with Crippen LogP contribution in [0.3, 0.4) is 0 Å². The zero-order valence-electron chi connectivity index (χ0n) is 14.2. The Morgan fingerprint density at radius 2 is 2.12 bits per heavy atom. The number of halogens is 2. The summed E-state index contributed by atoms with van der Waals surface area (Å²) >= 11 is 0. The molecule has 0 aromatic heterocycles. The second-order valence-corrected chi connectivity index (χ2v) is 5.79. The number of morpholine rings is 1. The van der Waals surface area contributed by atoms with E-state index in [1.807, 2.05) is 0 Å². The standard InChI is InChI=1S/C18H18F2N2O4/c1-2-25-16-5-3-4-15(18(16)22(23)24)21-8-9-26-17(11-21)12-6-7-13(19)14(20)10-12/h3-7,10,17H,2,8-9,11H2,1H3. The Morgan fingerprint density at radius 1 is 1.31 bits per heavy atom. The molecular formula is C18H18F2N2O4. The molecule has 26 heavy (non-hydrogen) atoms. The van der Waals surface area contributed by atoms with Crippen LogP contribution in [0.1, 0.15) is 18.6 Å². The van der Waals surface area contributed by atoms with Gasteiger partial charge in [0.05, 0.1) is 18.1 Å². The first-order valence-electron chi connectivity index (χ1n) is 8.23. The van der Waals surface area contributed by atoms with Crippen molar-refractivity contribution in [2.45, 2.75) is 13.0 Å². The van der Waals surface area contributed by atoms with Gasteiger partial charge in [-0.2, -0.15) is 0 Å². The molecule has 0 radical (unpaired) electrons. The van der Waals surface area contributed by atoms with Crippen molar-refractivity contribution in [2.75, 3.05) is 31.2 Å². The average molecular weight is 364 g/mol. The summed E-state index contributed by atoms with van der Waals surface area (Å²) in [5.74, 6) is -1.68. The Balaban J connectivity index is 1.91. The second-order valence-electron chi connectivity index (χ2n) is 5.79. The van der Waals surface area contributed by atoms with Crippen molar-refractivity contribution in [3.05, 3.63) is 63.7 Å². The molecule has 1 fully saturated rings. The lowest BCUT2D eigenvalue weighted by Crippen LogP contribution is -2.38. The van der Waals surface area contributed by atoms with E-state index in [2.05, 4.69) is 0 Å². The van der Waals surface area contributed by atoms with E-state index in [1.54, 1.807) is 30.0 Å². The Hall–Kier alpha value is -2.74. The minimum Gasteiger partial charge on any atom is -0.487 e. The minimum absolute atomic E-state index is 0.111. The summed E-state index contributed by atoms with van der Waals surface area (Å²) in [4.78, 5) is 12.9. The fourth-order valence-corrected chi connectivity index (χ4v) is 3.00. The minimum atomic E-state index is -0.951. The predicted octanol–water partition coefficient (Wildman–Crippen LogP) is 3.85. The fourth-order valence-electron chi connectivity index (χ4n) is 3.00. The van der Waals surface area contributed by atoms with E-state index in [0.717, 1.165) is 12.1 Å². The molecule has 0 saturated carbocycles. The third kappa shape index (κ3) is 3.60. The van der Waals surface area contributed by atoms with E-state index in [0.29, 0.717) is 31.0 Å². The molecule has 2 aromatic carbocycles.